The van der Waals surface area contributed by atoms with Gasteiger partial charge in [0, 0.05) is 6.42 Å². The standard InChI is InChI=1S/C18H20FN5O5/c19-10-3-1-9(2-4-10)5-6-28-18-22-15(20)12-16(23-18)24(8-21-12)17-14(27)13(26)11(7-25)29-17/h1-4,8,11,13-14,17,25-27H,5-7H2,(H2,20,22,23)/t11-,13-,14-,17-/m1/s1. The fourth-order valence-corrected chi connectivity index (χ4v) is 3.19. The van der Waals surface area contributed by atoms with Crippen LogP contribution in [0.25, 0.3) is 11.2 Å². The van der Waals surface area contributed by atoms with E-state index < -0.39 is 31.1 Å². The van der Waals surface area contributed by atoms with Crippen LogP contribution in [-0.4, -0.2) is 66.4 Å². The van der Waals surface area contributed by atoms with Crippen LogP contribution in [-0.2, 0) is 11.2 Å². The predicted molar refractivity (Wildman–Crippen MR) is 98.3 cm³/mol. The molecule has 10 nitrogen and oxygen atoms in total. The first-order valence-electron chi connectivity index (χ1n) is 8.97. The van der Waals surface area contributed by atoms with Crippen molar-refractivity contribution in [1.29, 1.82) is 0 Å². The van der Waals surface area contributed by atoms with Gasteiger partial charge in [0.2, 0.25) is 0 Å². The number of nitrogen functional groups attached to an aromatic ring is 1. The Balaban J connectivity index is 1.54. The third-order valence-electron chi connectivity index (χ3n) is 4.75. The summed E-state index contributed by atoms with van der Waals surface area (Å²) in [4.78, 5) is 12.5. The molecule has 29 heavy (non-hydrogen) atoms. The van der Waals surface area contributed by atoms with Gasteiger partial charge in [-0.05, 0) is 17.7 Å². The summed E-state index contributed by atoms with van der Waals surface area (Å²) in [6.07, 6.45) is -2.61. The Morgan fingerprint density at radius 3 is 2.62 bits per heavy atom. The lowest BCUT2D eigenvalue weighted by Gasteiger charge is -2.16. The number of halogens is 1. The van der Waals surface area contributed by atoms with Gasteiger partial charge in [0.1, 0.15) is 24.1 Å². The highest BCUT2D eigenvalue weighted by atomic mass is 19.1. The Morgan fingerprint density at radius 1 is 1.17 bits per heavy atom. The summed E-state index contributed by atoms with van der Waals surface area (Å²) in [5, 5.41) is 29.5. The maximum atomic E-state index is 13.0. The van der Waals surface area contributed by atoms with Crippen molar-refractivity contribution in [2.45, 2.75) is 31.0 Å². The molecule has 2 aromatic heterocycles. The fraction of sp³-hybridized carbons (Fsp3) is 0.389. The maximum Gasteiger partial charge on any atom is 0.320 e. The topological polar surface area (TPSA) is 149 Å². The first kappa shape index (κ1) is 19.5. The van der Waals surface area contributed by atoms with Crippen LogP contribution in [0.3, 0.4) is 0 Å². The predicted octanol–water partition coefficient (Wildman–Crippen LogP) is -0.219. The SMILES string of the molecule is Nc1nc(OCCc2ccc(F)cc2)nc2c1ncn2[C@@H]1O[C@H](CO)[C@@H](O)[C@H]1O. The van der Waals surface area contributed by atoms with Gasteiger partial charge in [-0.3, -0.25) is 4.57 Å². The minimum Gasteiger partial charge on any atom is -0.463 e. The van der Waals surface area contributed by atoms with Crippen molar-refractivity contribution in [3.8, 4) is 6.01 Å². The smallest absolute Gasteiger partial charge is 0.320 e. The van der Waals surface area contributed by atoms with E-state index in [2.05, 4.69) is 15.0 Å². The maximum absolute atomic E-state index is 13.0. The summed E-state index contributed by atoms with van der Waals surface area (Å²) >= 11 is 0. The molecule has 1 aliphatic heterocycles. The number of rotatable bonds is 6. The largest absolute Gasteiger partial charge is 0.463 e. The lowest BCUT2D eigenvalue weighted by Crippen LogP contribution is -2.33. The first-order valence-corrected chi connectivity index (χ1v) is 8.97. The van der Waals surface area contributed by atoms with Crippen LogP contribution in [0.1, 0.15) is 11.8 Å². The molecule has 0 bridgehead atoms. The van der Waals surface area contributed by atoms with Crippen LogP contribution < -0.4 is 10.5 Å². The summed E-state index contributed by atoms with van der Waals surface area (Å²) in [6.45, 7) is -0.213. The first-order chi connectivity index (χ1) is 14.0. The van der Waals surface area contributed by atoms with Crippen molar-refractivity contribution >= 4 is 17.0 Å². The number of aliphatic hydroxyl groups excluding tert-OH is 3. The zero-order chi connectivity index (χ0) is 20.5. The van der Waals surface area contributed by atoms with Gasteiger partial charge in [-0.1, -0.05) is 12.1 Å². The molecule has 11 heteroatoms. The van der Waals surface area contributed by atoms with Crippen LogP contribution in [0.2, 0.25) is 0 Å². The van der Waals surface area contributed by atoms with Gasteiger partial charge in [-0.2, -0.15) is 9.97 Å². The molecule has 0 spiro atoms. The number of ether oxygens (including phenoxy) is 2. The number of imidazole rings is 1. The lowest BCUT2D eigenvalue weighted by molar-refractivity contribution is -0.0511. The molecule has 0 saturated carbocycles. The van der Waals surface area contributed by atoms with E-state index in [1.54, 1.807) is 12.1 Å². The van der Waals surface area contributed by atoms with E-state index in [0.717, 1.165) is 5.56 Å². The fourth-order valence-electron chi connectivity index (χ4n) is 3.19. The molecule has 1 fully saturated rings. The molecule has 154 valence electrons. The van der Waals surface area contributed by atoms with E-state index in [4.69, 9.17) is 15.2 Å². The number of nitrogens with two attached hydrogens (primary N) is 1. The molecule has 0 radical (unpaired) electrons. The van der Waals surface area contributed by atoms with Crippen molar-refractivity contribution in [3.63, 3.8) is 0 Å². The van der Waals surface area contributed by atoms with E-state index in [1.807, 2.05) is 0 Å². The van der Waals surface area contributed by atoms with Crippen molar-refractivity contribution < 1.29 is 29.2 Å². The van der Waals surface area contributed by atoms with Gasteiger partial charge < -0.3 is 30.5 Å². The number of nitrogens with zero attached hydrogens (tertiary/aromatic N) is 4. The minimum absolute atomic E-state index is 0.00519. The molecule has 4 rings (SSSR count). The molecule has 5 N–H and O–H groups in total. The molecule has 0 unspecified atom stereocenters. The van der Waals surface area contributed by atoms with Gasteiger partial charge in [-0.25, -0.2) is 9.37 Å². The highest BCUT2D eigenvalue weighted by molar-refractivity contribution is 5.82. The molecule has 1 saturated heterocycles. The number of anilines is 1. The average molecular weight is 405 g/mol. The highest BCUT2D eigenvalue weighted by Crippen LogP contribution is 2.32. The third-order valence-corrected chi connectivity index (χ3v) is 4.75. The van der Waals surface area contributed by atoms with Gasteiger partial charge >= 0.3 is 6.01 Å². The zero-order valence-corrected chi connectivity index (χ0v) is 15.2. The monoisotopic (exact) mass is 405 g/mol. The third kappa shape index (κ3) is 3.72. The van der Waals surface area contributed by atoms with Crippen molar-refractivity contribution in [2.75, 3.05) is 18.9 Å². The number of hydrogen-bond donors (Lipinski definition) is 4. The summed E-state index contributed by atoms with van der Waals surface area (Å²) in [5.74, 6) is -0.230. The minimum atomic E-state index is -1.29. The second kappa shape index (κ2) is 7.87. The van der Waals surface area contributed by atoms with Crippen LogP contribution in [0.4, 0.5) is 10.2 Å². The van der Waals surface area contributed by atoms with E-state index in [1.165, 1.54) is 23.0 Å². The Bertz CT molecular complexity index is 998. The van der Waals surface area contributed by atoms with E-state index in [9.17, 15) is 19.7 Å². The summed E-state index contributed by atoms with van der Waals surface area (Å²) in [5.41, 5.74) is 7.37. The molecule has 4 atom stereocenters. The van der Waals surface area contributed by atoms with Crippen LogP contribution in [0, 0.1) is 5.82 Å². The number of benzene rings is 1. The van der Waals surface area contributed by atoms with E-state index in [0.29, 0.717) is 6.42 Å². The summed E-state index contributed by atoms with van der Waals surface area (Å²) < 4.78 is 25.5. The molecular formula is C18H20FN5O5. The second-order valence-corrected chi connectivity index (χ2v) is 6.67. The van der Waals surface area contributed by atoms with Crippen LogP contribution in [0.15, 0.2) is 30.6 Å². The summed E-state index contributed by atoms with van der Waals surface area (Å²) in [7, 11) is 0. The quantitative estimate of drug-likeness (QED) is 0.437. The van der Waals surface area contributed by atoms with Gasteiger partial charge in [0.15, 0.2) is 23.2 Å². The Labute approximate surface area is 164 Å². The molecule has 3 heterocycles. The molecule has 1 aliphatic rings. The summed E-state index contributed by atoms with van der Waals surface area (Å²) in [6, 6.07) is 6.07. The molecule has 1 aromatic carbocycles. The molecule has 3 aromatic rings. The lowest BCUT2D eigenvalue weighted by atomic mass is 10.1. The van der Waals surface area contributed by atoms with Gasteiger partial charge in [0.25, 0.3) is 0 Å². The number of hydrogen-bond acceptors (Lipinski definition) is 9. The Morgan fingerprint density at radius 2 is 1.93 bits per heavy atom. The van der Waals surface area contributed by atoms with Gasteiger partial charge in [0.05, 0.1) is 19.5 Å². The number of fused-ring (bicyclic) bond motifs is 1. The second-order valence-electron chi connectivity index (χ2n) is 6.67. The van der Waals surface area contributed by atoms with Gasteiger partial charge in [-0.15, -0.1) is 0 Å². The van der Waals surface area contributed by atoms with Crippen LogP contribution in [0.5, 0.6) is 6.01 Å². The molecule has 0 amide bonds. The van der Waals surface area contributed by atoms with Crippen molar-refractivity contribution in [3.05, 3.63) is 42.0 Å². The molecular weight excluding hydrogens is 385 g/mol. The Kier molecular flexibility index (Phi) is 5.28. The average Bonchev–Trinajstić information content (AvgIpc) is 3.25. The molecule has 0 aliphatic carbocycles. The van der Waals surface area contributed by atoms with E-state index in [-0.39, 0.29) is 35.4 Å². The number of aromatic nitrogens is 4. The van der Waals surface area contributed by atoms with Crippen molar-refractivity contribution in [2.24, 2.45) is 0 Å². The number of aliphatic hydroxyl groups is 3. The van der Waals surface area contributed by atoms with Crippen LogP contribution >= 0.6 is 0 Å². The van der Waals surface area contributed by atoms with E-state index >= 15 is 0 Å². The Hall–Kier alpha value is -2.86. The normalized spacial score (nSPS) is 24.3. The zero-order valence-electron chi connectivity index (χ0n) is 15.2. The van der Waals surface area contributed by atoms with Crippen molar-refractivity contribution in [1.82, 2.24) is 19.5 Å². The highest BCUT2D eigenvalue weighted by Gasteiger charge is 2.44.